The molecule has 3 N–H and O–H groups in total. The Labute approximate surface area is 197 Å². The molecular formula is C27H26N2O5. The summed E-state index contributed by atoms with van der Waals surface area (Å²) in [5.74, 6) is -1.73. The van der Waals surface area contributed by atoms with Crippen LogP contribution in [0.4, 0.5) is 10.5 Å². The molecule has 2 amide bonds. The van der Waals surface area contributed by atoms with E-state index in [0.717, 1.165) is 22.3 Å². The van der Waals surface area contributed by atoms with Gasteiger partial charge in [0, 0.05) is 5.92 Å². The van der Waals surface area contributed by atoms with Crippen LogP contribution in [0.3, 0.4) is 0 Å². The van der Waals surface area contributed by atoms with Gasteiger partial charge in [0.25, 0.3) is 0 Å². The molecule has 3 aromatic rings. The van der Waals surface area contributed by atoms with Crippen LogP contribution in [-0.4, -0.2) is 35.7 Å². The number of aryl methyl sites for hydroxylation is 1. The van der Waals surface area contributed by atoms with Crippen molar-refractivity contribution in [2.24, 2.45) is 0 Å². The number of carboxylic acids is 1. The highest BCUT2D eigenvalue weighted by molar-refractivity contribution is 6.03. The molecule has 0 heterocycles. The fourth-order valence-corrected chi connectivity index (χ4v) is 4.41. The molecule has 4 rings (SSSR count). The van der Waals surface area contributed by atoms with E-state index in [2.05, 4.69) is 22.8 Å². The second kappa shape index (κ2) is 9.79. The van der Waals surface area contributed by atoms with Gasteiger partial charge < -0.3 is 20.5 Å². The van der Waals surface area contributed by atoms with Crippen molar-refractivity contribution in [2.75, 3.05) is 11.9 Å². The fourth-order valence-electron chi connectivity index (χ4n) is 4.41. The molecule has 1 atom stereocenters. The first-order valence-corrected chi connectivity index (χ1v) is 11.2. The predicted molar refractivity (Wildman–Crippen MR) is 129 cm³/mol. The number of carbonyl (C=O) groups excluding carboxylic acids is 2. The summed E-state index contributed by atoms with van der Waals surface area (Å²) < 4.78 is 5.53. The van der Waals surface area contributed by atoms with Crippen molar-refractivity contribution < 1.29 is 24.2 Å². The van der Waals surface area contributed by atoms with Gasteiger partial charge in [0.2, 0.25) is 5.91 Å². The largest absolute Gasteiger partial charge is 0.478 e. The van der Waals surface area contributed by atoms with Gasteiger partial charge in [0.15, 0.2) is 0 Å². The van der Waals surface area contributed by atoms with E-state index in [1.165, 1.54) is 6.07 Å². The third-order valence-corrected chi connectivity index (χ3v) is 6.11. The maximum absolute atomic E-state index is 12.8. The van der Waals surface area contributed by atoms with E-state index in [1.807, 2.05) is 36.4 Å². The number of carbonyl (C=O) groups is 3. The number of alkyl carbamates (subject to hydrolysis) is 1. The van der Waals surface area contributed by atoms with Crippen molar-refractivity contribution in [1.82, 2.24) is 5.32 Å². The molecule has 7 nitrogen and oxygen atoms in total. The molecular weight excluding hydrogens is 432 g/mol. The highest BCUT2D eigenvalue weighted by Gasteiger charge is 2.29. The van der Waals surface area contributed by atoms with Crippen molar-refractivity contribution >= 4 is 23.7 Å². The van der Waals surface area contributed by atoms with Gasteiger partial charge in [-0.05, 0) is 47.2 Å². The first-order chi connectivity index (χ1) is 16.4. The standard InChI is InChI=1S/C27H26N2O5/c1-3-22(25(30)28-23-14-8-9-16(2)24(23)26(31)32)29-27(33)34-15-21-19-12-6-4-10-17(19)18-11-5-7-13-20(18)21/h4-14,21-22H,3,15H2,1-2H3,(H,28,30)(H,29,33)(H,31,32)/t22-/m0/s1. The van der Waals surface area contributed by atoms with Gasteiger partial charge in [0.1, 0.15) is 12.6 Å². The molecule has 3 aromatic carbocycles. The van der Waals surface area contributed by atoms with E-state index >= 15 is 0 Å². The zero-order valence-electron chi connectivity index (χ0n) is 19.0. The van der Waals surface area contributed by atoms with Gasteiger partial charge in [0.05, 0.1) is 11.3 Å². The predicted octanol–water partition coefficient (Wildman–Crippen LogP) is 4.95. The lowest BCUT2D eigenvalue weighted by atomic mass is 9.98. The fraction of sp³-hybridized carbons (Fsp3) is 0.222. The number of nitrogens with one attached hydrogen (secondary N) is 2. The number of ether oxygens (including phenoxy) is 1. The quantitative estimate of drug-likeness (QED) is 0.465. The topological polar surface area (TPSA) is 105 Å². The van der Waals surface area contributed by atoms with Crippen LogP contribution in [0.5, 0.6) is 0 Å². The Kier molecular flexibility index (Phi) is 6.63. The van der Waals surface area contributed by atoms with Crippen molar-refractivity contribution in [3.05, 3.63) is 89.0 Å². The summed E-state index contributed by atoms with van der Waals surface area (Å²) in [4.78, 5) is 36.9. The number of anilines is 1. The molecule has 174 valence electrons. The summed E-state index contributed by atoms with van der Waals surface area (Å²) in [5, 5.41) is 14.7. The maximum Gasteiger partial charge on any atom is 0.407 e. The molecule has 0 fully saturated rings. The number of carboxylic acid groups (broad SMARTS) is 1. The van der Waals surface area contributed by atoms with Crippen molar-refractivity contribution in [3.8, 4) is 11.1 Å². The molecule has 7 heteroatoms. The highest BCUT2D eigenvalue weighted by atomic mass is 16.5. The second-order valence-electron chi connectivity index (χ2n) is 8.22. The Balaban J connectivity index is 1.42. The molecule has 1 aliphatic carbocycles. The Hall–Kier alpha value is -4.13. The molecule has 0 bridgehead atoms. The van der Waals surface area contributed by atoms with Crippen LogP contribution < -0.4 is 10.6 Å². The summed E-state index contributed by atoms with van der Waals surface area (Å²) >= 11 is 0. The number of amides is 2. The van der Waals surface area contributed by atoms with E-state index in [1.54, 1.807) is 26.0 Å². The molecule has 0 spiro atoms. The summed E-state index contributed by atoms with van der Waals surface area (Å²) in [6.07, 6.45) is -0.392. The lowest BCUT2D eigenvalue weighted by molar-refractivity contribution is -0.118. The summed E-state index contributed by atoms with van der Waals surface area (Å²) in [6, 6.07) is 20.1. The maximum atomic E-state index is 12.8. The van der Waals surface area contributed by atoms with Crippen LogP contribution in [0, 0.1) is 6.92 Å². The van der Waals surface area contributed by atoms with Crippen molar-refractivity contribution in [1.29, 1.82) is 0 Å². The first kappa shape index (κ1) is 23.0. The number of hydrogen-bond donors (Lipinski definition) is 3. The SMILES string of the molecule is CC[C@H](NC(=O)OCC1c2ccccc2-c2ccccc21)C(=O)Nc1cccc(C)c1C(=O)O. The Morgan fingerprint density at radius 1 is 0.941 bits per heavy atom. The van der Waals surface area contributed by atoms with Crippen LogP contribution in [-0.2, 0) is 9.53 Å². The van der Waals surface area contributed by atoms with Gasteiger partial charge in [-0.1, -0.05) is 67.6 Å². The number of benzene rings is 3. The van der Waals surface area contributed by atoms with Crippen LogP contribution in [0.1, 0.15) is 46.3 Å². The molecule has 0 unspecified atom stereocenters. The zero-order chi connectivity index (χ0) is 24.2. The third-order valence-electron chi connectivity index (χ3n) is 6.11. The molecule has 0 aliphatic heterocycles. The smallest absolute Gasteiger partial charge is 0.407 e. The van der Waals surface area contributed by atoms with Crippen molar-refractivity contribution in [3.63, 3.8) is 0 Å². The van der Waals surface area contributed by atoms with E-state index in [0.29, 0.717) is 12.0 Å². The van der Waals surface area contributed by atoms with Gasteiger partial charge in [-0.2, -0.15) is 0 Å². The zero-order valence-corrected chi connectivity index (χ0v) is 19.0. The first-order valence-electron chi connectivity index (χ1n) is 11.2. The number of hydrogen-bond acceptors (Lipinski definition) is 4. The Morgan fingerprint density at radius 3 is 2.15 bits per heavy atom. The summed E-state index contributed by atoms with van der Waals surface area (Å²) in [7, 11) is 0. The normalized spacial score (nSPS) is 12.9. The van der Waals surface area contributed by atoms with Gasteiger partial charge in [-0.3, -0.25) is 4.79 Å². The lowest BCUT2D eigenvalue weighted by Crippen LogP contribution is -2.44. The molecule has 0 radical (unpaired) electrons. The molecule has 34 heavy (non-hydrogen) atoms. The lowest BCUT2D eigenvalue weighted by Gasteiger charge is -2.19. The van der Waals surface area contributed by atoms with Crippen LogP contribution >= 0.6 is 0 Å². The molecule has 0 aromatic heterocycles. The van der Waals surface area contributed by atoms with E-state index < -0.39 is 24.0 Å². The van der Waals surface area contributed by atoms with E-state index in [4.69, 9.17) is 4.74 Å². The van der Waals surface area contributed by atoms with E-state index in [9.17, 15) is 19.5 Å². The van der Waals surface area contributed by atoms with Crippen LogP contribution in [0.2, 0.25) is 0 Å². The van der Waals surface area contributed by atoms with Gasteiger partial charge in [-0.25, -0.2) is 9.59 Å². The Bertz CT molecular complexity index is 1210. The minimum Gasteiger partial charge on any atom is -0.478 e. The summed E-state index contributed by atoms with van der Waals surface area (Å²) in [5.41, 5.74) is 5.19. The number of aromatic carboxylic acids is 1. The second-order valence-corrected chi connectivity index (χ2v) is 8.22. The number of rotatable bonds is 7. The minimum absolute atomic E-state index is 0.0202. The molecule has 0 saturated carbocycles. The van der Waals surface area contributed by atoms with E-state index in [-0.39, 0.29) is 23.8 Å². The Morgan fingerprint density at radius 2 is 1.56 bits per heavy atom. The van der Waals surface area contributed by atoms with Crippen LogP contribution in [0.15, 0.2) is 66.7 Å². The molecule has 0 saturated heterocycles. The summed E-state index contributed by atoms with van der Waals surface area (Å²) in [6.45, 7) is 3.55. The average Bonchev–Trinajstić information content (AvgIpc) is 3.14. The monoisotopic (exact) mass is 458 g/mol. The average molecular weight is 459 g/mol. The van der Waals surface area contributed by atoms with Gasteiger partial charge in [-0.15, -0.1) is 0 Å². The molecule has 1 aliphatic rings. The highest BCUT2D eigenvalue weighted by Crippen LogP contribution is 2.44. The van der Waals surface area contributed by atoms with Gasteiger partial charge >= 0.3 is 12.1 Å². The minimum atomic E-state index is -1.13. The third kappa shape index (κ3) is 4.50. The van der Waals surface area contributed by atoms with Crippen LogP contribution in [0.25, 0.3) is 11.1 Å². The van der Waals surface area contributed by atoms with Crippen molar-refractivity contribution in [2.45, 2.75) is 32.2 Å². The number of fused-ring (bicyclic) bond motifs is 3.